The highest BCUT2D eigenvalue weighted by Gasteiger charge is 2.18. The van der Waals surface area contributed by atoms with E-state index >= 15 is 0 Å². The number of rotatable bonds is 5. The molecule has 1 N–H and O–H groups in total. The standard InChI is InChI=1S/C15H12Cl2N2O3/c1-2-22-15(21)12-7-11(9-3-5-10(16)6-4-9)13(17)19-14(12)18-8-20/h3-8H,2H2,1H3,(H,18,19,20). The third kappa shape index (κ3) is 3.55. The number of anilines is 1. The normalized spacial score (nSPS) is 10.1. The van der Waals surface area contributed by atoms with Gasteiger partial charge in [0, 0.05) is 10.6 Å². The van der Waals surface area contributed by atoms with Gasteiger partial charge in [-0.2, -0.15) is 0 Å². The fraction of sp³-hybridized carbons (Fsp3) is 0.133. The minimum atomic E-state index is -0.591. The van der Waals surface area contributed by atoms with Crippen molar-refractivity contribution in [3.63, 3.8) is 0 Å². The lowest BCUT2D eigenvalue weighted by molar-refractivity contribution is -0.105. The second-order valence-corrected chi connectivity index (χ2v) is 5.01. The summed E-state index contributed by atoms with van der Waals surface area (Å²) < 4.78 is 4.97. The van der Waals surface area contributed by atoms with E-state index in [1.165, 1.54) is 6.07 Å². The highest BCUT2D eigenvalue weighted by molar-refractivity contribution is 6.32. The van der Waals surface area contributed by atoms with E-state index in [0.29, 0.717) is 17.0 Å². The molecule has 114 valence electrons. The van der Waals surface area contributed by atoms with Gasteiger partial charge in [0.25, 0.3) is 0 Å². The molecular formula is C15H12Cl2N2O3. The average molecular weight is 339 g/mol. The summed E-state index contributed by atoms with van der Waals surface area (Å²) in [4.78, 5) is 26.7. The minimum absolute atomic E-state index is 0.0520. The molecule has 0 saturated carbocycles. The van der Waals surface area contributed by atoms with E-state index in [9.17, 15) is 9.59 Å². The number of ether oxygens (including phenoxy) is 1. The number of aromatic nitrogens is 1. The van der Waals surface area contributed by atoms with Crippen molar-refractivity contribution in [3.05, 3.63) is 46.1 Å². The molecule has 0 unspecified atom stereocenters. The quantitative estimate of drug-likeness (QED) is 0.511. The van der Waals surface area contributed by atoms with Gasteiger partial charge in [0.2, 0.25) is 6.41 Å². The second kappa shape index (κ2) is 7.24. The van der Waals surface area contributed by atoms with Crippen LogP contribution in [0.5, 0.6) is 0 Å². The molecule has 1 amide bonds. The number of carbonyl (C=O) groups excluding carboxylic acids is 2. The van der Waals surface area contributed by atoms with Crippen LogP contribution in [0.4, 0.5) is 5.82 Å². The molecule has 22 heavy (non-hydrogen) atoms. The van der Waals surface area contributed by atoms with E-state index in [4.69, 9.17) is 27.9 Å². The maximum Gasteiger partial charge on any atom is 0.341 e. The lowest BCUT2D eigenvalue weighted by Gasteiger charge is -2.11. The molecule has 7 heteroatoms. The van der Waals surface area contributed by atoms with Gasteiger partial charge in [0.1, 0.15) is 16.5 Å². The number of carbonyl (C=O) groups is 2. The number of pyridine rings is 1. The minimum Gasteiger partial charge on any atom is -0.462 e. The molecule has 1 aromatic carbocycles. The van der Waals surface area contributed by atoms with Crippen molar-refractivity contribution >= 4 is 41.4 Å². The molecule has 1 heterocycles. The van der Waals surface area contributed by atoms with Crippen LogP contribution in [-0.4, -0.2) is 24.0 Å². The predicted octanol–water partition coefficient (Wildman–Crippen LogP) is 3.80. The second-order valence-electron chi connectivity index (χ2n) is 4.21. The third-order valence-electron chi connectivity index (χ3n) is 2.82. The number of halogens is 2. The van der Waals surface area contributed by atoms with Crippen LogP contribution >= 0.6 is 23.2 Å². The van der Waals surface area contributed by atoms with Crippen LogP contribution in [0.3, 0.4) is 0 Å². The Hall–Kier alpha value is -2.11. The first kappa shape index (κ1) is 16.3. The molecule has 0 saturated heterocycles. The molecule has 0 fully saturated rings. The number of benzene rings is 1. The predicted molar refractivity (Wildman–Crippen MR) is 85.3 cm³/mol. The maximum atomic E-state index is 12.0. The van der Waals surface area contributed by atoms with Crippen molar-refractivity contribution in [1.82, 2.24) is 4.98 Å². The zero-order valence-corrected chi connectivity index (χ0v) is 13.1. The van der Waals surface area contributed by atoms with Crippen LogP contribution in [0.15, 0.2) is 30.3 Å². The molecule has 0 bridgehead atoms. The first-order valence-corrected chi connectivity index (χ1v) is 7.16. The zero-order chi connectivity index (χ0) is 16.1. The van der Waals surface area contributed by atoms with E-state index in [1.807, 2.05) is 0 Å². The summed E-state index contributed by atoms with van der Waals surface area (Å²) in [6.45, 7) is 1.90. The number of nitrogens with one attached hydrogen (secondary N) is 1. The highest BCUT2D eigenvalue weighted by atomic mass is 35.5. The summed E-state index contributed by atoms with van der Waals surface area (Å²) in [5.74, 6) is -0.539. The highest BCUT2D eigenvalue weighted by Crippen LogP contribution is 2.31. The van der Waals surface area contributed by atoms with Gasteiger partial charge in [-0.25, -0.2) is 9.78 Å². The van der Waals surface area contributed by atoms with Crippen LogP contribution in [0.1, 0.15) is 17.3 Å². The molecule has 0 aliphatic carbocycles. The van der Waals surface area contributed by atoms with Gasteiger partial charge in [-0.15, -0.1) is 0 Å². The van der Waals surface area contributed by atoms with Crippen LogP contribution in [0.25, 0.3) is 11.1 Å². The largest absolute Gasteiger partial charge is 0.462 e. The summed E-state index contributed by atoms with van der Waals surface area (Å²) in [7, 11) is 0. The Balaban J connectivity index is 2.55. The van der Waals surface area contributed by atoms with Gasteiger partial charge >= 0.3 is 5.97 Å². The Morgan fingerprint density at radius 3 is 2.59 bits per heavy atom. The van der Waals surface area contributed by atoms with Gasteiger partial charge in [-0.3, -0.25) is 4.79 Å². The van der Waals surface area contributed by atoms with Crippen molar-refractivity contribution < 1.29 is 14.3 Å². The summed E-state index contributed by atoms with van der Waals surface area (Å²) >= 11 is 12.0. The third-order valence-corrected chi connectivity index (χ3v) is 3.36. The Morgan fingerprint density at radius 2 is 2.00 bits per heavy atom. The summed E-state index contributed by atoms with van der Waals surface area (Å²) in [5, 5.41) is 3.08. The van der Waals surface area contributed by atoms with Crippen molar-refractivity contribution in [2.24, 2.45) is 0 Å². The molecule has 1 aromatic heterocycles. The number of hydrogen-bond acceptors (Lipinski definition) is 4. The first-order chi connectivity index (χ1) is 10.6. The lowest BCUT2D eigenvalue weighted by Crippen LogP contribution is -2.11. The smallest absolute Gasteiger partial charge is 0.341 e. The molecule has 0 aliphatic heterocycles. The topological polar surface area (TPSA) is 68.3 Å². The molecule has 0 aliphatic rings. The molecule has 0 radical (unpaired) electrons. The van der Waals surface area contributed by atoms with E-state index in [-0.39, 0.29) is 23.1 Å². The van der Waals surface area contributed by atoms with Crippen LogP contribution in [0, 0.1) is 0 Å². The van der Waals surface area contributed by atoms with Gasteiger partial charge in [0.15, 0.2) is 0 Å². The van der Waals surface area contributed by atoms with Gasteiger partial charge < -0.3 is 10.1 Å². The summed E-state index contributed by atoms with van der Waals surface area (Å²) in [5.41, 5.74) is 1.41. The fourth-order valence-corrected chi connectivity index (χ4v) is 2.23. The van der Waals surface area contributed by atoms with Crippen molar-refractivity contribution in [3.8, 4) is 11.1 Å². The van der Waals surface area contributed by atoms with Crippen LogP contribution in [0.2, 0.25) is 10.2 Å². The Morgan fingerprint density at radius 1 is 1.32 bits per heavy atom. The maximum absolute atomic E-state index is 12.0. The number of esters is 1. The van der Waals surface area contributed by atoms with Crippen molar-refractivity contribution in [1.29, 1.82) is 0 Å². The Kier molecular flexibility index (Phi) is 5.35. The summed E-state index contributed by atoms with van der Waals surface area (Å²) in [6, 6.07) is 8.45. The van der Waals surface area contributed by atoms with Crippen molar-refractivity contribution in [2.75, 3.05) is 11.9 Å². The molecule has 2 aromatic rings. The SMILES string of the molecule is CCOC(=O)c1cc(-c2ccc(Cl)cc2)c(Cl)nc1NC=O. The molecular weight excluding hydrogens is 327 g/mol. The molecule has 5 nitrogen and oxygen atoms in total. The van der Waals surface area contributed by atoms with Crippen LogP contribution in [-0.2, 0) is 9.53 Å². The van der Waals surface area contributed by atoms with Gasteiger partial charge in [-0.1, -0.05) is 35.3 Å². The van der Waals surface area contributed by atoms with Crippen molar-refractivity contribution in [2.45, 2.75) is 6.92 Å². The van der Waals surface area contributed by atoms with E-state index < -0.39 is 5.97 Å². The number of hydrogen-bond donors (Lipinski definition) is 1. The number of amides is 1. The molecule has 2 rings (SSSR count). The zero-order valence-electron chi connectivity index (χ0n) is 11.6. The van der Waals surface area contributed by atoms with E-state index in [1.54, 1.807) is 31.2 Å². The monoisotopic (exact) mass is 338 g/mol. The lowest BCUT2D eigenvalue weighted by atomic mass is 10.1. The fourth-order valence-electron chi connectivity index (χ4n) is 1.85. The average Bonchev–Trinajstić information content (AvgIpc) is 2.49. The molecule has 0 atom stereocenters. The summed E-state index contributed by atoms with van der Waals surface area (Å²) in [6.07, 6.45) is 0.420. The first-order valence-electron chi connectivity index (χ1n) is 6.40. The van der Waals surface area contributed by atoms with E-state index in [2.05, 4.69) is 10.3 Å². The van der Waals surface area contributed by atoms with Gasteiger partial charge in [0.05, 0.1) is 6.61 Å². The Labute approximate surface area is 137 Å². The number of nitrogens with zero attached hydrogens (tertiary/aromatic N) is 1. The Bertz CT molecular complexity index is 703. The molecule has 0 spiro atoms. The van der Waals surface area contributed by atoms with Crippen LogP contribution < -0.4 is 5.32 Å². The van der Waals surface area contributed by atoms with E-state index in [0.717, 1.165) is 5.56 Å². The van der Waals surface area contributed by atoms with Gasteiger partial charge in [-0.05, 0) is 30.7 Å².